The van der Waals surface area contributed by atoms with Crippen LogP contribution in [-0.4, -0.2) is 17.0 Å². The van der Waals surface area contributed by atoms with Crippen molar-refractivity contribution in [1.29, 1.82) is 0 Å². The molecule has 0 aliphatic heterocycles. The van der Waals surface area contributed by atoms with Gasteiger partial charge in [-0.3, -0.25) is 0 Å². The Balaban J connectivity index is 1.56. The van der Waals surface area contributed by atoms with Crippen molar-refractivity contribution in [3.05, 3.63) is 0 Å². The zero-order chi connectivity index (χ0) is 15.5. The van der Waals surface area contributed by atoms with Gasteiger partial charge < -0.3 is 9.90 Å². The summed E-state index contributed by atoms with van der Waals surface area (Å²) in [6, 6.07) is 0. The summed E-state index contributed by atoms with van der Waals surface area (Å²) >= 11 is 0. The molecule has 4 aliphatic carbocycles. The van der Waals surface area contributed by atoms with Crippen molar-refractivity contribution in [3.8, 4) is 0 Å². The van der Waals surface area contributed by atoms with Crippen molar-refractivity contribution in [2.75, 3.05) is 0 Å². The third kappa shape index (κ3) is 2.12. The summed E-state index contributed by atoms with van der Waals surface area (Å²) in [5, 5.41) is 10.5. The van der Waals surface area contributed by atoms with E-state index >= 15 is 0 Å². The van der Waals surface area contributed by atoms with Crippen LogP contribution >= 0.6 is 0 Å². The van der Waals surface area contributed by atoms with Crippen molar-refractivity contribution in [1.82, 2.24) is 0 Å². The molecule has 0 bridgehead atoms. The van der Waals surface area contributed by atoms with Gasteiger partial charge in [0, 0.05) is 6.42 Å². The first kappa shape index (κ1) is 15.2. The van der Waals surface area contributed by atoms with Crippen LogP contribution in [0, 0.1) is 40.9 Å². The van der Waals surface area contributed by atoms with E-state index in [1.165, 1.54) is 38.5 Å². The summed E-state index contributed by atoms with van der Waals surface area (Å²) in [5.41, 5.74) is 0.0196. The summed E-state index contributed by atoms with van der Waals surface area (Å²) in [6.45, 7) is 4.54. The Morgan fingerprint density at radius 3 is 2.59 bits per heavy atom. The van der Waals surface area contributed by atoms with Crippen LogP contribution in [0.1, 0.15) is 71.6 Å². The molecular weight excluding hydrogens is 272 g/mol. The Morgan fingerprint density at radius 1 is 1.05 bits per heavy atom. The largest absolute Gasteiger partial charge is 0.390 e. The molecule has 0 amide bonds. The van der Waals surface area contributed by atoms with Gasteiger partial charge in [-0.05, 0) is 99.2 Å². The van der Waals surface area contributed by atoms with Crippen LogP contribution in [0.4, 0.5) is 0 Å². The highest BCUT2D eigenvalue weighted by Gasteiger charge is 2.59. The lowest BCUT2D eigenvalue weighted by atomic mass is 9.57. The number of carbonyl (C=O) groups is 1. The first-order valence-corrected chi connectivity index (χ1v) is 9.60. The molecule has 4 aliphatic rings. The molecule has 0 unspecified atom stereocenters. The average molecular weight is 304 g/mol. The predicted molar refractivity (Wildman–Crippen MR) is 87.3 cm³/mol. The SMILES string of the molecule is C[C@@]1(O)CC[C@H]2[C@@H](C[C@@H]3[C@@H]2CC[C@@]2(C)[C@H](CC=O)CC[C@@H]32)C1. The third-order valence-corrected chi connectivity index (χ3v) is 8.52. The summed E-state index contributed by atoms with van der Waals surface area (Å²) in [6.07, 6.45) is 12.0. The van der Waals surface area contributed by atoms with Crippen molar-refractivity contribution in [2.45, 2.75) is 77.2 Å². The fraction of sp³-hybridized carbons (Fsp3) is 0.950. The highest BCUT2D eigenvalue weighted by atomic mass is 16.3. The van der Waals surface area contributed by atoms with Crippen LogP contribution in [0.15, 0.2) is 0 Å². The molecule has 8 atom stereocenters. The van der Waals surface area contributed by atoms with E-state index in [0.29, 0.717) is 11.3 Å². The molecule has 0 aromatic carbocycles. The number of carbonyl (C=O) groups excluding carboxylic acids is 1. The van der Waals surface area contributed by atoms with Gasteiger partial charge in [-0.25, -0.2) is 0 Å². The molecule has 0 aromatic heterocycles. The van der Waals surface area contributed by atoms with Gasteiger partial charge in [0.1, 0.15) is 6.29 Å². The molecule has 22 heavy (non-hydrogen) atoms. The fourth-order valence-corrected chi connectivity index (χ4v) is 7.50. The molecule has 0 radical (unpaired) electrons. The first-order valence-electron chi connectivity index (χ1n) is 9.60. The third-order valence-electron chi connectivity index (χ3n) is 8.52. The van der Waals surface area contributed by atoms with Crippen LogP contribution in [0.2, 0.25) is 0 Å². The Bertz CT molecular complexity index is 457. The maximum Gasteiger partial charge on any atom is 0.120 e. The van der Waals surface area contributed by atoms with Crippen LogP contribution in [0.3, 0.4) is 0 Å². The molecule has 4 rings (SSSR count). The Kier molecular flexibility index (Phi) is 3.49. The van der Waals surface area contributed by atoms with E-state index in [4.69, 9.17) is 0 Å². The maximum atomic E-state index is 11.1. The monoisotopic (exact) mass is 304 g/mol. The first-order chi connectivity index (χ1) is 10.4. The Hall–Kier alpha value is -0.370. The number of hydrogen-bond acceptors (Lipinski definition) is 2. The second kappa shape index (κ2) is 5.06. The molecule has 0 saturated heterocycles. The predicted octanol–water partition coefficient (Wildman–Crippen LogP) is 4.21. The number of fused-ring (bicyclic) bond motifs is 5. The second-order valence-corrected chi connectivity index (χ2v) is 9.55. The van der Waals surface area contributed by atoms with Gasteiger partial charge in [0.2, 0.25) is 0 Å². The fourth-order valence-electron chi connectivity index (χ4n) is 7.50. The maximum absolute atomic E-state index is 11.1. The van der Waals surface area contributed by atoms with Gasteiger partial charge in [0.15, 0.2) is 0 Å². The summed E-state index contributed by atoms with van der Waals surface area (Å²) < 4.78 is 0. The highest BCUT2D eigenvalue weighted by Crippen LogP contribution is 2.66. The van der Waals surface area contributed by atoms with Crippen LogP contribution in [-0.2, 0) is 4.79 Å². The lowest BCUT2D eigenvalue weighted by Crippen LogP contribution is -2.41. The Labute approximate surface area is 135 Å². The highest BCUT2D eigenvalue weighted by molar-refractivity contribution is 5.50. The molecule has 0 spiro atoms. The van der Waals surface area contributed by atoms with Crippen LogP contribution < -0.4 is 0 Å². The van der Waals surface area contributed by atoms with E-state index in [-0.39, 0.29) is 0 Å². The lowest BCUT2D eigenvalue weighted by Gasteiger charge is -2.48. The minimum atomic E-state index is -0.409. The van der Waals surface area contributed by atoms with Crippen molar-refractivity contribution in [2.24, 2.45) is 40.9 Å². The van der Waals surface area contributed by atoms with Crippen LogP contribution in [0.25, 0.3) is 0 Å². The van der Waals surface area contributed by atoms with E-state index in [1.807, 2.05) is 6.92 Å². The quantitative estimate of drug-likeness (QED) is 0.776. The molecule has 4 fully saturated rings. The summed E-state index contributed by atoms with van der Waals surface area (Å²) in [4.78, 5) is 11.1. The van der Waals surface area contributed by atoms with Crippen LogP contribution in [0.5, 0.6) is 0 Å². The minimum Gasteiger partial charge on any atom is -0.390 e. The molecule has 0 aromatic rings. The molecule has 4 saturated carbocycles. The van der Waals surface area contributed by atoms with E-state index < -0.39 is 5.60 Å². The minimum absolute atomic E-state index is 0.409. The smallest absolute Gasteiger partial charge is 0.120 e. The summed E-state index contributed by atoms with van der Waals surface area (Å²) in [5.74, 6) is 4.97. The van der Waals surface area contributed by atoms with Gasteiger partial charge in [0.25, 0.3) is 0 Å². The van der Waals surface area contributed by atoms with Gasteiger partial charge >= 0.3 is 0 Å². The zero-order valence-corrected chi connectivity index (χ0v) is 14.3. The van der Waals surface area contributed by atoms with Gasteiger partial charge in [-0.1, -0.05) is 6.92 Å². The normalized spacial score (nSPS) is 57.0. The Morgan fingerprint density at radius 2 is 1.82 bits per heavy atom. The lowest BCUT2D eigenvalue weighted by molar-refractivity contribution is -0.110. The van der Waals surface area contributed by atoms with Gasteiger partial charge in [-0.2, -0.15) is 0 Å². The molecule has 0 heterocycles. The zero-order valence-electron chi connectivity index (χ0n) is 14.3. The van der Waals surface area contributed by atoms with E-state index in [0.717, 1.165) is 55.1 Å². The molecule has 2 nitrogen and oxygen atoms in total. The number of rotatable bonds is 2. The number of aldehydes is 1. The standard InChI is InChI=1S/C20H32O2/c1-19(22)8-5-15-13(12-19)11-17-16(15)6-9-20(2)14(7-10-21)3-4-18(17)20/h10,13-18,22H,3-9,11-12H2,1-2H3/t13-,14-,15-,16+,17+,18-,19+,20-/m0/s1. The molecule has 1 N–H and O–H groups in total. The van der Waals surface area contributed by atoms with E-state index in [1.54, 1.807) is 0 Å². The molecule has 2 heteroatoms. The summed E-state index contributed by atoms with van der Waals surface area (Å²) in [7, 11) is 0. The van der Waals surface area contributed by atoms with Crippen molar-refractivity contribution in [3.63, 3.8) is 0 Å². The van der Waals surface area contributed by atoms with Gasteiger partial charge in [-0.15, -0.1) is 0 Å². The second-order valence-electron chi connectivity index (χ2n) is 9.55. The number of aliphatic hydroxyl groups is 1. The topological polar surface area (TPSA) is 37.3 Å². The van der Waals surface area contributed by atoms with Crippen molar-refractivity contribution < 1.29 is 9.90 Å². The molecular formula is C20H32O2. The number of hydrogen-bond donors (Lipinski definition) is 1. The molecule has 124 valence electrons. The van der Waals surface area contributed by atoms with E-state index in [9.17, 15) is 9.90 Å². The van der Waals surface area contributed by atoms with Gasteiger partial charge in [0.05, 0.1) is 5.60 Å². The average Bonchev–Trinajstić information content (AvgIpc) is 2.96. The van der Waals surface area contributed by atoms with E-state index in [2.05, 4.69) is 6.92 Å². The van der Waals surface area contributed by atoms with Crippen molar-refractivity contribution >= 4 is 6.29 Å².